The molecule has 0 spiro atoms. The van der Waals surface area contributed by atoms with Gasteiger partial charge in [-0.15, -0.1) is 0 Å². The lowest BCUT2D eigenvalue weighted by molar-refractivity contribution is -0.158. The van der Waals surface area contributed by atoms with Crippen LogP contribution in [0, 0.1) is 5.92 Å². The molecule has 20 heavy (non-hydrogen) atoms. The quantitative estimate of drug-likeness (QED) is 0.433. The second-order valence-electron chi connectivity index (χ2n) is 4.27. The Balaban J connectivity index is 2.56. The van der Waals surface area contributed by atoms with Gasteiger partial charge in [-0.05, 0) is 19.4 Å². The standard InChI is InChI=1S/C15H18O5/c1-3-19-14(17)9-13(11(2)16)15(18)20-10-12-7-5-4-6-8-12/h4-8,13H,3,9-10H2,1-2H3/t13-/m1/s1/i11+1,13+1. The normalized spacial score (nSPS) is 11.5. The van der Waals surface area contributed by atoms with E-state index in [0.29, 0.717) is 0 Å². The van der Waals surface area contributed by atoms with Crippen molar-refractivity contribution in [2.75, 3.05) is 6.61 Å². The van der Waals surface area contributed by atoms with Gasteiger partial charge in [-0.3, -0.25) is 14.4 Å². The van der Waals surface area contributed by atoms with Crippen molar-refractivity contribution in [1.29, 1.82) is 0 Å². The van der Waals surface area contributed by atoms with Crippen molar-refractivity contribution in [3.63, 3.8) is 0 Å². The van der Waals surface area contributed by atoms with E-state index in [-0.39, 0.29) is 19.6 Å². The summed E-state index contributed by atoms with van der Waals surface area (Å²) in [6, 6.07) is 9.11. The number of Topliss-reactive ketones (excluding diaryl/α,β-unsaturated/α-hetero) is 1. The van der Waals surface area contributed by atoms with Crippen molar-refractivity contribution in [2.45, 2.75) is 26.9 Å². The monoisotopic (exact) mass is 280 g/mol. The van der Waals surface area contributed by atoms with Gasteiger partial charge in [-0.1, -0.05) is 30.3 Å². The summed E-state index contributed by atoms with van der Waals surface area (Å²) in [7, 11) is 0. The highest BCUT2D eigenvalue weighted by Gasteiger charge is 2.28. The molecule has 5 heteroatoms. The molecule has 0 aliphatic rings. The van der Waals surface area contributed by atoms with E-state index >= 15 is 0 Å². The lowest BCUT2D eigenvalue weighted by Crippen LogP contribution is -2.27. The minimum atomic E-state index is -1.10. The Labute approximate surface area is 117 Å². The Kier molecular flexibility index (Phi) is 6.43. The Morgan fingerprint density at radius 2 is 1.75 bits per heavy atom. The molecule has 0 bridgehead atoms. The van der Waals surface area contributed by atoms with Gasteiger partial charge in [0.25, 0.3) is 0 Å². The maximum atomic E-state index is 11.8. The topological polar surface area (TPSA) is 69.7 Å². The fourth-order valence-electron chi connectivity index (χ4n) is 1.61. The molecule has 0 aliphatic heterocycles. The molecule has 1 aromatic carbocycles. The third-order valence-corrected chi connectivity index (χ3v) is 2.68. The maximum Gasteiger partial charge on any atom is 0.317 e. The lowest BCUT2D eigenvalue weighted by atomic mass is 10.2. The number of rotatable bonds is 7. The fraction of sp³-hybridized carbons (Fsp3) is 0.400. The molecule has 5 nitrogen and oxygen atoms in total. The van der Waals surface area contributed by atoms with Crippen LogP contribution in [0.15, 0.2) is 30.3 Å². The van der Waals surface area contributed by atoms with Crippen molar-refractivity contribution in [2.24, 2.45) is 5.92 Å². The molecule has 0 amide bonds. The zero-order valence-electron chi connectivity index (χ0n) is 11.6. The van der Waals surface area contributed by atoms with Gasteiger partial charge < -0.3 is 9.47 Å². The van der Waals surface area contributed by atoms with Crippen LogP contribution in [0.1, 0.15) is 25.8 Å². The number of benzene rings is 1. The summed E-state index contributed by atoms with van der Waals surface area (Å²) in [5.41, 5.74) is 0.819. The van der Waals surface area contributed by atoms with E-state index < -0.39 is 23.6 Å². The molecule has 0 N–H and O–H groups in total. The highest BCUT2D eigenvalue weighted by molar-refractivity contribution is 6.00. The highest BCUT2D eigenvalue weighted by Crippen LogP contribution is 2.11. The Bertz CT molecular complexity index is 466. The molecule has 1 atom stereocenters. The Hall–Kier alpha value is -2.17. The molecule has 0 saturated carbocycles. The van der Waals surface area contributed by atoms with E-state index in [0.717, 1.165) is 5.56 Å². The molecule has 0 saturated heterocycles. The third-order valence-electron chi connectivity index (χ3n) is 2.68. The van der Waals surface area contributed by atoms with Crippen LogP contribution in [-0.4, -0.2) is 24.3 Å². The van der Waals surface area contributed by atoms with Crippen LogP contribution in [0.3, 0.4) is 0 Å². The number of ketones is 1. The second-order valence-corrected chi connectivity index (χ2v) is 4.27. The number of hydrogen-bond donors (Lipinski definition) is 0. The highest BCUT2D eigenvalue weighted by atomic mass is 16.5. The van der Waals surface area contributed by atoms with Gasteiger partial charge in [0.15, 0.2) is 0 Å². The van der Waals surface area contributed by atoms with Crippen molar-refractivity contribution >= 4 is 17.7 Å². The third kappa shape index (κ3) is 5.22. The van der Waals surface area contributed by atoms with E-state index in [2.05, 4.69) is 0 Å². The molecule has 0 aliphatic carbocycles. The predicted molar refractivity (Wildman–Crippen MR) is 71.7 cm³/mol. The summed E-state index contributed by atoms with van der Waals surface area (Å²) in [5.74, 6) is -2.78. The molecule has 0 fully saturated rings. The first-order valence-electron chi connectivity index (χ1n) is 6.41. The summed E-state index contributed by atoms with van der Waals surface area (Å²) < 4.78 is 9.80. The van der Waals surface area contributed by atoms with Crippen LogP contribution in [-0.2, 0) is 30.5 Å². The minimum absolute atomic E-state index is 0.0757. The molecule has 108 valence electrons. The molecular formula is C15H18O5. The SMILES string of the molecule is CCOC(=O)C[13C@@H](C(=O)OCc1ccccc1)[13C](C)=O. The molecule has 1 aromatic rings. The molecule has 0 unspecified atom stereocenters. The fourth-order valence-corrected chi connectivity index (χ4v) is 1.61. The summed E-state index contributed by atoms with van der Waals surface area (Å²) >= 11 is 0. The first kappa shape index (κ1) is 15.9. The summed E-state index contributed by atoms with van der Waals surface area (Å²) in [6.07, 6.45) is -0.281. The van der Waals surface area contributed by atoms with Crippen LogP contribution in [0.4, 0.5) is 0 Å². The van der Waals surface area contributed by atoms with E-state index in [4.69, 9.17) is 9.47 Å². The summed E-state index contributed by atoms with van der Waals surface area (Å²) in [4.78, 5) is 34.6. The molecule has 0 radical (unpaired) electrons. The smallest absolute Gasteiger partial charge is 0.317 e. The largest absolute Gasteiger partial charge is 0.466 e. The molecular weight excluding hydrogens is 262 g/mol. The van der Waals surface area contributed by atoms with E-state index in [1.807, 2.05) is 18.2 Å². The molecule has 1 rings (SSSR count). The van der Waals surface area contributed by atoms with E-state index in [9.17, 15) is 14.4 Å². The van der Waals surface area contributed by atoms with Crippen LogP contribution >= 0.6 is 0 Å². The van der Waals surface area contributed by atoms with Crippen LogP contribution in [0.2, 0.25) is 0 Å². The summed E-state index contributed by atoms with van der Waals surface area (Å²) in [6.45, 7) is 3.21. The van der Waals surface area contributed by atoms with Crippen molar-refractivity contribution in [1.82, 2.24) is 0 Å². The van der Waals surface area contributed by atoms with Crippen LogP contribution < -0.4 is 0 Å². The second kappa shape index (κ2) is 8.09. The Morgan fingerprint density at radius 1 is 1.10 bits per heavy atom. The van der Waals surface area contributed by atoms with Gasteiger partial charge in [0.05, 0.1) is 13.0 Å². The number of ether oxygens (including phenoxy) is 2. The first-order chi connectivity index (χ1) is 9.54. The van der Waals surface area contributed by atoms with Crippen LogP contribution in [0.25, 0.3) is 0 Å². The first-order valence-corrected chi connectivity index (χ1v) is 6.41. The van der Waals surface area contributed by atoms with Gasteiger partial charge in [0, 0.05) is 0 Å². The number of esters is 2. The predicted octanol–water partition coefficient (Wildman–Crippen LogP) is 1.89. The zero-order valence-corrected chi connectivity index (χ0v) is 11.6. The average molecular weight is 280 g/mol. The lowest BCUT2D eigenvalue weighted by Gasteiger charge is -2.12. The average Bonchev–Trinajstić information content (AvgIpc) is 2.43. The zero-order chi connectivity index (χ0) is 15.0. The van der Waals surface area contributed by atoms with Gasteiger partial charge >= 0.3 is 11.9 Å². The summed E-state index contributed by atoms with van der Waals surface area (Å²) in [5, 5.41) is 0. The van der Waals surface area contributed by atoms with E-state index in [1.54, 1.807) is 19.1 Å². The van der Waals surface area contributed by atoms with Gasteiger partial charge in [-0.25, -0.2) is 0 Å². The molecule has 0 heterocycles. The van der Waals surface area contributed by atoms with Crippen molar-refractivity contribution in [3.05, 3.63) is 35.9 Å². The van der Waals surface area contributed by atoms with Crippen molar-refractivity contribution < 1.29 is 23.9 Å². The van der Waals surface area contributed by atoms with Gasteiger partial charge in [0.1, 0.15) is 18.3 Å². The maximum absolute atomic E-state index is 11.8. The van der Waals surface area contributed by atoms with Crippen molar-refractivity contribution in [3.8, 4) is 0 Å². The number of hydrogen-bond acceptors (Lipinski definition) is 5. The van der Waals surface area contributed by atoms with E-state index in [1.165, 1.54) is 6.92 Å². The van der Waals surface area contributed by atoms with Gasteiger partial charge in [0.2, 0.25) is 0 Å². The Morgan fingerprint density at radius 3 is 2.30 bits per heavy atom. The minimum Gasteiger partial charge on any atom is -0.466 e. The number of carbonyl (C=O) groups is 3. The molecule has 0 aromatic heterocycles. The van der Waals surface area contributed by atoms with Crippen LogP contribution in [0.5, 0.6) is 0 Å². The number of carbonyl (C=O) groups excluding carboxylic acids is 3. The van der Waals surface area contributed by atoms with Gasteiger partial charge in [-0.2, -0.15) is 0 Å².